The van der Waals surface area contributed by atoms with Crippen molar-refractivity contribution >= 4 is 22.6 Å². The van der Waals surface area contributed by atoms with Crippen molar-refractivity contribution in [3.05, 3.63) is 70.9 Å². The molecular weight excluding hydrogens is 498 g/mol. The Kier molecular flexibility index (Phi) is 8.17. The maximum Gasteiger partial charge on any atom is 0.213 e. The molecule has 1 fully saturated rings. The van der Waals surface area contributed by atoms with Crippen molar-refractivity contribution < 1.29 is 9.47 Å². The van der Waals surface area contributed by atoms with Gasteiger partial charge in [0.05, 0.1) is 17.1 Å². The van der Waals surface area contributed by atoms with Crippen molar-refractivity contribution in [1.29, 1.82) is 0 Å². The van der Waals surface area contributed by atoms with E-state index in [0.717, 1.165) is 77.0 Å². The Bertz CT molecular complexity index is 1390. The number of halogens is 1. The molecule has 0 N–H and O–H groups in total. The number of likely N-dealkylation sites (N-methyl/N-ethyl adjacent to an activating group) is 1. The predicted octanol–water partition coefficient (Wildman–Crippen LogP) is 5.52. The highest BCUT2D eigenvalue weighted by atomic mass is 35.5. The number of benzene rings is 2. The van der Waals surface area contributed by atoms with Crippen molar-refractivity contribution in [2.75, 3.05) is 46.4 Å². The minimum absolute atomic E-state index is 0.0932. The van der Waals surface area contributed by atoms with Gasteiger partial charge in [-0.2, -0.15) is 0 Å². The number of nitrogens with zero attached hydrogens (tertiary/aromatic N) is 5. The molecule has 7 nitrogen and oxygen atoms in total. The average molecular weight is 534 g/mol. The van der Waals surface area contributed by atoms with Crippen LogP contribution in [-0.4, -0.2) is 76.8 Å². The summed E-state index contributed by atoms with van der Waals surface area (Å²) in [5, 5.41) is 0.719. The molecule has 0 amide bonds. The van der Waals surface area contributed by atoms with Crippen LogP contribution in [0.1, 0.15) is 25.0 Å². The number of hydrogen-bond acceptors (Lipinski definition) is 6. The number of rotatable bonds is 9. The Morgan fingerprint density at radius 1 is 1.03 bits per heavy atom. The molecular formula is C30H36ClN5O2. The van der Waals surface area contributed by atoms with Gasteiger partial charge in [0.15, 0.2) is 0 Å². The van der Waals surface area contributed by atoms with Crippen LogP contribution in [0.2, 0.25) is 5.02 Å². The minimum Gasteiger partial charge on any atom is -0.491 e. The number of imidazole rings is 1. The molecule has 1 aliphatic rings. The lowest BCUT2D eigenvalue weighted by molar-refractivity contribution is 0.132. The highest BCUT2D eigenvalue weighted by Crippen LogP contribution is 2.31. The maximum atomic E-state index is 6.30. The third kappa shape index (κ3) is 6.29. The van der Waals surface area contributed by atoms with E-state index >= 15 is 0 Å². The molecule has 0 atom stereocenters. The lowest BCUT2D eigenvalue weighted by Crippen LogP contribution is -2.45. The van der Waals surface area contributed by atoms with Crippen molar-refractivity contribution in [1.82, 2.24) is 24.3 Å². The van der Waals surface area contributed by atoms with Crippen molar-refractivity contribution in [2.45, 2.75) is 33.4 Å². The normalized spacial score (nSPS) is 14.9. The smallest absolute Gasteiger partial charge is 0.213 e. The van der Waals surface area contributed by atoms with Gasteiger partial charge in [0.25, 0.3) is 0 Å². The first kappa shape index (κ1) is 26.5. The highest BCUT2D eigenvalue weighted by Gasteiger charge is 2.18. The number of pyridine rings is 1. The summed E-state index contributed by atoms with van der Waals surface area (Å²) in [5.74, 6) is 2.31. The van der Waals surface area contributed by atoms with Crippen LogP contribution in [-0.2, 0) is 6.54 Å². The summed E-state index contributed by atoms with van der Waals surface area (Å²) in [5.41, 5.74) is 5.06. The van der Waals surface area contributed by atoms with E-state index in [1.54, 1.807) is 0 Å². The molecule has 38 heavy (non-hydrogen) atoms. The molecule has 8 heteroatoms. The number of piperazine rings is 1. The van der Waals surface area contributed by atoms with E-state index in [4.69, 9.17) is 26.1 Å². The van der Waals surface area contributed by atoms with E-state index < -0.39 is 0 Å². The Balaban J connectivity index is 1.41. The monoisotopic (exact) mass is 533 g/mol. The second-order valence-electron chi connectivity index (χ2n) is 10.3. The lowest BCUT2D eigenvalue weighted by atomic mass is 10.1. The van der Waals surface area contributed by atoms with Gasteiger partial charge in [0.1, 0.15) is 18.2 Å². The van der Waals surface area contributed by atoms with Crippen LogP contribution in [0.3, 0.4) is 0 Å². The van der Waals surface area contributed by atoms with Crippen LogP contribution in [0.5, 0.6) is 11.6 Å². The van der Waals surface area contributed by atoms with Crippen LogP contribution in [0, 0.1) is 6.92 Å². The highest BCUT2D eigenvalue weighted by molar-refractivity contribution is 6.30. The van der Waals surface area contributed by atoms with Gasteiger partial charge in [0.2, 0.25) is 5.88 Å². The van der Waals surface area contributed by atoms with E-state index in [0.29, 0.717) is 19.0 Å². The molecule has 200 valence electrons. The molecule has 2 aromatic carbocycles. The van der Waals surface area contributed by atoms with Gasteiger partial charge in [0, 0.05) is 68.2 Å². The molecule has 0 bridgehead atoms. The first-order chi connectivity index (χ1) is 18.4. The molecule has 3 heterocycles. The van der Waals surface area contributed by atoms with Gasteiger partial charge in [-0.15, -0.1) is 0 Å². The lowest BCUT2D eigenvalue weighted by Gasteiger charge is -2.32. The van der Waals surface area contributed by atoms with Crippen LogP contribution in [0.15, 0.2) is 54.7 Å². The Labute approximate surface area is 230 Å². The molecule has 0 aliphatic carbocycles. The fraction of sp³-hybridized carbons (Fsp3) is 0.400. The van der Waals surface area contributed by atoms with Gasteiger partial charge >= 0.3 is 0 Å². The van der Waals surface area contributed by atoms with Gasteiger partial charge in [-0.1, -0.05) is 23.7 Å². The van der Waals surface area contributed by atoms with Gasteiger partial charge in [-0.3, -0.25) is 4.90 Å². The summed E-state index contributed by atoms with van der Waals surface area (Å²) >= 11 is 6.30. The zero-order valence-electron chi connectivity index (χ0n) is 22.7. The van der Waals surface area contributed by atoms with Gasteiger partial charge in [-0.05, 0) is 63.2 Å². The Morgan fingerprint density at radius 2 is 1.84 bits per heavy atom. The molecule has 4 aromatic rings. The summed E-state index contributed by atoms with van der Waals surface area (Å²) in [4.78, 5) is 14.5. The molecule has 0 radical (unpaired) electrons. The van der Waals surface area contributed by atoms with Gasteiger partial charge in [-0.25, -0.2) is 9.97 Å². The fourth-order valence-electron chi connectivity index (χ4n) is 4.83. The number of aryl methyl sites for hydroxylation is 1. The van der Waals surface area contributed by atoms with Crippen molar-refractivity contribution in [3.8, 4) is 23.0 Å². The zero-order valence-corrected chi connectivity index (χ0v) is 23.4. The molecule has 0 unspecified atom stereocenters. The SMILES string of the molecule is Cc1cc(OCCN2CCN(C)CC2)ncc1-c1nc2cc(OC(C)C)ccc2n1Cc1cccc(Cl)c1. The van der Waals surface area contributed by atoms with E-state index in [2.05, 4.69) is 45.5 Å². The molecule has 1 saturated heterocycles. The summed E-state index contributed by atoms with van der Waals surface area (Å²) < 4.78 is 14.2. The summed E-state index contributed by atoms with van der Waals surface area (Å²) in [6.45, 7) is 12.7. The third-order valence-electron chi connectivity index (χ3n) is 6.90. The molecule has 5 rings (SSSR count). The van der Waals surface area contributed by atoms with E-state index in [-0.39, 0.29) is 6.10 Å². The van der Waals surface area contributed by atoms with E-state index in [9.17, 15) is 0 Å². The van der Waals surface area contributed by atoms with E-state index in [1.807, 2.05) is 56.4 Å². The standard InChI is InChI=1S/C30H36ClN5O2/c1-21(2)38-25-8-9-28-27(18-25)33-30(36(28)20-23-6-5-7-24(31)17-23)26-19-32-29(16-22(26)3)37-15-14-35-12-10-34(4)11-13-35/h5-9,16-19,21H,10-15,20H2,1-4H3. The molecule has 2 aromatic heterocycles. The second-order valence-corrected chi connectivity index (χ2v) is 10.7. The van der Waals surface area contributed by atoms with Gasteiger partial charge < -0.3 is 18.9 Å². The van der Waals surface area contributed by atoms with Crippen LogP contribution < -0.4 is 9.47 Å². The number of hydrogen-bond donors (Lipinski definition) is 0. The molecule has 1 aliphatic heterocycles. The fourth-order valence-corrected chi connectivity index (χ4v) is 5.05. The summed E-state index contributed by atoms with van der Waals surface area (Å²) in [6, 6.07) is 16.0. The number of ether oxygens (including phenoxy) is 2. The van der Waals surface area contributed by atoms with Crippen LogP contribution in [0.25, 0.3) is 22.4 Å². The topological polar surface area (TPSA) is 55.6 Å². The van der Waals surface area contributed by atoms with Crippen LogP contribution >= 0.6 is 11.6 Å². The summed E-state index contributed by atoms with van der Waals surface area (Å²) in [6.07, 6.45) is 1.97. The van der Waals surface area contributed by atoms with Crippen molar-refractivity contribution in [2.24, 2.45) is 0 Å². The zero-order chi connectivity index (χ0) is 26.6. The quantitative estimate of drug-likeness (QED) is 0.282. The first-order valence-electron chi connectivity index (χ1n) is 13.3. The van der Waals surface area contributed by atoms with E-state index in [1.165, 1.54) is 0 Å². The Hall–Kier alpha value is -3.13. The Morgan fingerprint density at radius 3 is 2.58 bits per heavy atom. The molecule has 0 spiro atoms. The van der Waals surface area contributed by atoms with Crippen LogP contribution in [0.4, 0.5) is 0 Å². The first-order valence-corrected chi connectivity index (χ1v) is 13.7. The third-order valence-corrected chi connectivity index (χ3v) is 7.14. The second kappa shape index (κ2) is 11.7. The molecule has 0 saturated carbocycles. The minimum atomic E-state index is 0.0932. The number of fused-ring (bicyclic) bond motifs is 1. The number of aromatic nitrogens is 3. The largest absolute Gasteiger partial charge is 0.491 e. The maximum absolute atomic E-state index is 6.30. The average Bonchev–Trinajstić information content (AvgIpc) is 3.22. The van der Waals surface area contributed by atoms with Crippen molar-refractivity contribution in [3.63, 3.8) is 0 Å². The summed E-state index contributed by atoms with van der Waals surface area (Å²) in [7, 11) is 2.17. The predicted molar refractivity (Wildman–Crippen MR) is 153 cm³/mol.